The molecule has 4 nitrogen and oxygen atoms in total. The Balaban J connectivity index is 1.98. The van der Waals surface area contributed by atoms with Crippen LogP contribution in [0.15, 0.2) is 77.7 Å². The molecule has 0 saturated carbocycles. The van der Waals surface area contributed by atoms with E-state index in [1.807, 2.05) is 54.6 Å². The highest BCUT2D eigenvalue weighted by Crippen LogP contribution is 2.30. The van der Waals surface area contributed by atoms with E-state index in [0.717, 1.165) is 32.6 Å². The molecular formula is C20H17N3OS. The van der Waals surface area contributed by atoms with Gasteiger partial charge in [-0.15, -0.1) is 12.6 Å². The van der Waals surface area contributed by atoms with E-state index in [4.69, 9.17) is 5.73 Å². The number of thiol groups is 1. The lowest BCUT2D eigenvalue weighted by Crippen LogP contribution is -2.10. The molecule has 4 rings (SSSR count). The van der Waals surface area contributed by atoms with Gasteiger partial charge in [0.05, 0.1) is 11.2 Å². The predicted octanol–water partition coefficient (Wildman–Crippen LogP) is 3.93. The fraction of sp³-hybridized carbons (Fsp3) is 0.0500. The molecule has 0 aliphatic heterocycles. The Kier molecular flexibility index (Phi) is 4.05. The van der Waals surface area contributed by atoms with Gasteiger partial charge in [-0.05, 0) is 35.4 Å². The van der Waals surface area contributed by atoms with Gasteiger partial charge in [0.15, 0.2) is 0 Å². The summed E-state index contributed by atoms with van der Waals surface area (Å²) in [7, 11) is 0. The lowest BCUT2D eigenvalue weighted by atomic mass is 10.0. The fourth-order valence-corrected chi connectivity index (χ4v) is 3.21. The molecule has 25 heavy (non-hydrogen) atoms. The number of nitrogens with zero attached hydrogens (tertiary/aromatic N) is 2. The minimum Gasteiger partial charge on any atom is -0.373 e. The summed E-state index contributed by atoms with van der Waals surface area (Å²) in [5, 5.41) is 15.3. The second-order valence-corrected chi connectivity index (χ2v) is 6.38. The lowest BCUT2D eigenvalue weighted by molar-refractivity contribution is 0.182. The van der Waals surface area contributed by atoms with Gasteiger partial charge in [-0.1, -0.05) is 48.5 Å². The van der Waals surface area contributed by atoms with Crippen LogP contribution in [0.25, 0.3) is 27.7 Å². The zero-order valence-electron chi connectivity index (χ0n) is 13.4. The van der Waals surface area contributed by atoms with E-state index in [-0.39, 0.29) is 0 Å². The van der Waals surface area contributed by atoms with Crippen molar-refractivity contribution in [1.82, 2.24) is 9.78 Å². The van der Waals surface area contributed by atoms with Gasteiger partial charge < -0.3 is 10.8 Å². The van der Waals surface area contributed by atoms with Gasteiger partial charge in [-0.2, -0.15) is 5.10 Å². The second kappa shape index (κ2) is 6.37. The first-order valence-electron chi connectivity index (χ1n) is 7.94. The van der Waals surface area contributed by atoms with E-state index in [2.05, 4.69) is 35.9 Å². The third-order valence-electron chi connectivity index (χ3n) is 4.17. The quantitative estimate of drug-likeness (QED) is 0.389. The van der Waals surface area contributed by atoms with Crippen LogP contribution < -0.4 is 5.73 Å². The van der Waals surface area contributed by atoms with Crippen molar-refractivity contribution in [3.05, 3.63) is 78.5 Å². The first kappa shape index (κ1) is 15.9. The Hall–Kier alpha value is -2.60. The van der Waals surface area contributed by atoms with Crippen molar-refractivity contribution in [2.24, 2.45) is 5.73 Å². The van der Waals surface area contributed by atoms with E-state index in [9.17, 15) is 5.11 Å². The maximum Gasteiger partial charge on any atom is 0.148 e. The van der Waals surface area contributed by atoms with Crippen molar-refractivity contribution in [3.8, 4) is 16.8 Å². The Morgan fingerprint density at radius 3 is 2.44 bits per heavy atom. The normalized spacial score (nSPS) is 12.4. The molecule has 3 aromatic carbocycles. The summed E-state index contributed by atoms with van der Waals surface area (Å²) in [5.41, 5.74) is 10.1. The second-order valence-electron chi connectivity index (χ2n) is 5.86. The minimum absolute atomic E-state index is 0.458. The number of nitrogens with two attached hydrogens (primary N) is 1. The van der Waals surface area contributed by atoms with Crippen LogP contribution in [0.4, 0.5) is 0 Å². The number of aromatic nitrogens is 2. The molecule has 0 spiro atoms. The summed E-state index contributed by atoms with van der Waals surface area (Å²) in [5.74, 6) is 0. The summed E-state index contributed by atoms with van der Waals surface area (Å²) < 4.78 is 1.80. The van der Waals surface area contributed by atoms with Crippen LogP contribution >= 0.6 is 12.6 Å². The van der Waals surface area contributed by atoms with Crippen molar-refractivity contribution in [2.75, 3.05) is 0 Å². The van der Waals surface area contributed by atoms with Crippen molar-refractivity contribution in [1.29, 1.82) is 0 Å². The van der Waals surface area contributed by atoms with Gasteiger partial charge in [0.1, 0.15) is 11.9 Å². The Labute approximate surface area is 150 Å². The van der Waals surface area contributed by atoms with Gasteiger partial charge in [-0.25, -0.2) is 4.68 Å². The van der Waals surface area contributed by atoms with E-state index in [0.29, 0.717) is 5.69 Å². The lowest BCUT2D eigenvalue weighted by Gasteiger charge is -2.06. The van der Waals surface area contributed by atoms with Crippen LogP contribution in [-0.4, -0.2) is 14.9 Å². The standard InChI is InChI=1S/C20H17N3OS/c21-20(24)19-17-10-9-14(13-5-2-1-3-6-13)11-18(17)23(22-19)15-7-4-8-16(25)12-15/h1-12,20,24-25H,21H2. The minimum atomic E-state index is -1.13. The first-order valence-corrected chi connectivity index (χ1v) is 8.39. The number of rotatable bonds is 3. The molecule has 1 atom stereocenters. The Morgan fingerprint density at radius 2 is 1.72 bits per heavy atom. The van der Waals surface area contributed by atoms with Crippen LogP contribution in [0.2, 0.25) is 0 Å². The fourth-order valence-electron chi connectivity index (χ4n) is 2.99. The van der Waals surface area contributed by atoms with E-state index < -0.39 is 6.23 Å². The highest BCUT2D eigenvalue weighted by atomic mass is 32.1. The van der Waals surface area contributed by atoms with Gasteiger partial charge in [0.25, 0.3) is 0 Å². The number of aliphatic hydroxyl groups is 1. The van der Waals surface area contributed by atoms with Crippen molar-refractivity contribution in [3.63, 3.8) is 0 Å². The van der Waals surface area contributed by atoms with Crippen LogP contribution in [-0.2, 0) is 0 Å². The van der Waals surface area contributed by atoms with Crippen molar-refractivity contribution in [2.45, 2.75) is 11.1 Å². The SMILES string of the molecule is NC(O)c1nn(-c2cccc(S)c2)c2cc(-c3ccccc3)ccc12. The smallest absolute Gasteiger partial charge is 0.148 e. The van der Waals surface area contributed by atoms with Crippen LogP contribution in [0.5, 0.6) is 0 Å². The molecule has 0 radical (unpaired) electrons. The third-order valence-corrected chi connectivity index (χ3v) is 4.45. The maximum absolute atomic E-state index is 9.91. The molecule has 1 aromatic heterocycles. The molecule has 1 unspecified atom stereocenters. The maximum atomic E-state index is 9.91. The highest BCUT2D eigenvalue weighted by Gasteiger charge is 2.16. The predicted molar refractivity (Wildman–Crippen MR) is 103 cm³/mol. The molecule has 5 heteroatoms. The molecular weight excluding hydrogens is 330 g/mol. The zero-order valence-corrected chi connectivity index (χ0v) is 14.3. The molecule has 0 fully saturated rings. The average molecular weight is 347 g/mol. The van der Waals surface area contributed by atoms with Crippen molar-refractivity contribution < 1.29 is 5.11 Å². The summed E-state index contributed by atoms with van der Waals surface area (Å²) in [6, 6.07) is 23.9. The highest BCUT2D eigenvalue weighted by molar-refractivity contribution is 7.80. The van der Waals surface area contributed by atoms with E-state index in [1.54, 1.807) is 4.68 Å². The monoisotopic (exact) mass is 347 g/mol. The van der Waals surface area contributed by atoms with Crippen LogP contribution in [0.3, 0.4) is 0 Å². The summed E-state index contributed by atoms with van der Waals surface area (Å²) in [6.07, 6.45) is -1.13. The van der Waals surface area contributed by atoms with E-state index >= 15 is 0 Å². The topological polar surface area (TPSA) is 64.1 Å². The number of hydrogen-bond acceptors (Lipinski definition) is 4. The van der Waals surface area contributed by atoms with Gasteiger partial charge >= 0.3 is 0 Å². The van der Waals surface area contributed by atoms with Gasteiger partial charge in [0, 0.05) is 10.3 Å². The molecule has 0 amide bonds. The van der Waals surface area contributed by atoms with Crippen LogP contribution in [0, 0.1) is 0 Å². The van der Waals surface area contributed by atoms with E-state index in [1.165, 1.54) is 0 Å². The van der Waals surface area contributed by atoms with Crippen LogP contribution in [0.1, 0.15) is 11.9 Å². The zero-order chi connectivity index (χ0) is 17.4. The molecule has 4 aromatic rings. The van der Waals surface area contributed by atoms with Gasteiger partial charge in [-0.3, -0.25) is 0 Å². The Morgan fingerprint density at radius 1 is 0.920 bits per heavy atom. The molecule has 124 valence electrons. The largest absolute Gasteiger partial charge is 0.373 e. The molecule has 3 N–H and O–H groups in total. The Bertz CT molecular complexity index is 1040. The summed E-state index contributed by atoms with van der Waals surface area (Å²) in [6.45, 7) is 0. The number of hydrogen-bond donors (Lipinski definition) is 3. The summed E-state index contributed by atoms with van der Waals surface area (Å²) in [4.78, 5) is 0.843. The average Bonchev–Trinajstić information content (AvgIpc) is 3.01. The van der Waals surface area contributed by atoms with Gasteiger partial charge in [0.2, 0.25) is 0 Å². The van der Waals surface area contributed by atoms with Crippen molar-refractivity contribution >= 4 is 23.5 Å². The number of fused-ring (bicyclic) bond motifs is 1. The number of benzene rings is 3. The summed E-state index contributed by atoms with van der Waals surface area (Å²) >= 11 is 4.41. The molecule has 0 bridgehead atoms. The molecule has 0 aliphatic rings. The first-order chi connectivity index (χ1) is 12.1. The molecule has 1 heterocycles. The molecule has 0 aliphatic carbocycles. The number of aliphatic hydroxyl groups excluding tert-OH is 1. The molecule has 0 saturated heterocycles. The third kappa shape index (κ3) is 2.93.